The van der Waals surface area contributed by atoms with Crippen LogP contribution in [0.2, 0.25) is 0 Å². The van der Waals surface area contributed by atoms with E-state index in [-0.39, 0.29) is 0 Å². The molecule has 18 heavy (non-hydrogen) atoms. The lowest BCUT2D eigenvalue weighted by Crippen LogP contribution is -2.07. The number of nitrogens with one attached hydrogen (secondary N) is 1. The first kappa shape index (κ1) is 12.8. The van der Waals surface area contributed by atoms with Crippen LogP contribution >= 0.6 is 0 Å². The fourth-order valence-corrected chi connectivity index (χ4v) is 2.23. The van der Waals surface area contributed by atoms with Crippen LogP contribution in [0.5, 0.6) is 0 Å². The van der Waals surface area contributed by atoms with Crippen LogP contribution in [0, 0.1) is 6.92 Å². The van der Waals surface area contributed by atoms with Gasteiger partial charge < -0.3 is 9.88 Å². The fraction of sp³-hybridized carbons (Fsp3) is 0.400. The molecule has 1 N–H and O–H groups in total. The summed E-state index contributed by atoms with van der Waals surface area (Å²) in [6.45, 7) is 5.02. The van der Waals surface area contributed by atoms with Gasteiger partial charge in [0.1, 0.15) is 5.82 Å². The summed E-state index contributed by atoms with van der Waals surface area (Å²) in [7, 11) is 4.03. The second-order valence-corrected chi connectivity index (χ2v) is 4.59. The van der Waals surface area contributed by atoms with E-state index in [4.69, 9.17) is 0 Å². The van der Waals surface area contributed by atoms with Crippen molar-refractivity contribution in [3.05, 3.63) is 41.3 Å². The molecule has 1 heterocycles. The Balaban J connectivity index is 2.47. The summed E-state index contributed by atoms with van der Waals surface area (Å²) >= 11 is 0. The lowest BCUT2D eigenvalue weighted by Gasteiger charge is -2.07. The maximum absolute atomic E-state index is 4.62. The van der Waals surface area contributed by atoms with Crippen LogP contribution in [-0.4, -0.2) is 16.6 Å². The van der Waals surface area contributed by atoms with E-state index < -0.39 is 0 Å². The third-order valence-electron chi connectivity index (χ3n) is 3.37. The number of hydrogen-bond donors (Lipinski definition) is 1. The van der Waals surface area contributed by atoms with Crippen molar-refractivity contribution in [2.24, 2.45) is 7.05 Å². The molecule has 1 aromatic heterocycles. The standard InChI is InChI=1S/C15H21N3/c1-5-12-6-8-13(9-7-12)15-14(10-16-3)17-11(2)18(15)4/h6-9,16H,5,10H2,1-4H3. The monoisotopic (exact) mass is 243 g/mol. The summed E-state index contributed by atoms with van der Waals surface area (Å²) < 4.78 is 2.16. The normalized spacial score (nSPS) is 10.9. The highest BCUT2D eigenvalue weighted by atomic mass is 15.1. The van der Waals surface area contributed by atoms with Gasteiger partial charge in [0.25, 0.3) is 0 Å². The Hall–Kier alpha value is -1.61. The van der Waals surface area contributed by atoms with Gasteiger partial charge >= 0.3 is 0 Å². The average molecular weight is 243 g/mol. The molecule has 0 radical (unpaired) electrons. The number of nitrogens with zero attached hydrogens (tertiary/aromatic N) is 2. The molecule has 1 aromatic carbocycles. The molecule has 3 heteroatoms. The van der Waals surface area contributed by atoms with E-state index >= 15 is 0 Å². The van der Waals surface area contributed by atoms with Crippen LogP contribution in [-0.2, 0) is 20.0 Å². The van der Waals surface area contributed by atoms with Crippen LogP contribution in [0.1, 0.15) is 24.0 Å². The lowest BCUT2D eigenvalue weighted by atomic mass is 10.1. The Bertz CT molecular complexity index is 523. The molecule has 0 bridgehead atoms. The van der Waals surface area contributed by atoms with Crippen molar-refractivity contribution in [1.29, 1.82) is 0 Å². The first-order chi connectivity index (χ1) is 8.67. The van der Waals surface area contributed by atoms with Gasteiger partial charge in [-0.3, -0.25) is 0 Å². The van der Waals surface area contributed by atoms with Crippen LogP contribution in [0.25, 0.3) is 11.3 Å². The van der Waals surface area contributed by atoms with Crippen molar-refractivity contribution in [2.75, 3.05) is 7.05 Å². The van der Waals surface area contributed by atoms with Gasteiger partial charge in [0.2, 0.25) is 0 Å². The van der Waals surface area contributed by atoms with E-state index in [1.165, 1.54) is 16.8 Å². The zero-order valence-corrected chi connectivity index (χ0v) is 11.6. The Morgan fingerprint density at radius 3 is 2.44 bits per heavy atom. The van der Waals surface area contributed by atoms with Gasteiger partial charge in [-0.05, 0) is 26.0 Å². The smallest absolute Gasteiger partial charge is 0.106 e. The molecule has 0 fully saturated rings. The van der Waals surface area contributed by atoms with Gasteiger partial charge in [-0.25, -0.2) is 4.98 Å². The first-order valence-corrected chi connectivity index (χ1v) is 6.43. The Morgan fingerprint density at radius 2 is 1.89 bits per heavy atom. The zero-order chi connectivity index (χ0) is 13.1. The van der Waals surface area contributed by atoms with Crippen molar-refractivity contribution >= 4 is 0 Å². The Morgan fingerprint density at radius 1 is 1.22 bits per heavy atom. The highest BCUT2D eigenvalue weighted by Gasteiger charge is 2.13. The highest BCUT2D eigenvalue weighted by Crippen LogP contribution is 2.24. The predicted molar refractivity (Wildman–Crippen MR) is 75.5 cm³/mol. The second-order valence-electron chi connectivity index (χ2n) is 4.59. The van der Waals surface area contributed by atoms with Gasteiger partial charge in [-0.2, -0.15) is 0 Å². The topological polar surface area (TPSA) is 29.9 Å². The van der Waals surface area contributed by atoms with Gasteiger partial charge in [-0.15, -0.1) is 0 Å². The number of rotatable bonds is 4. The van der Waals surface area contributed by atoms with E-state index in [0.29, 0.717) is 0 Å². The molecule has 96 valence electrons. The predicted octanol–water partition coefficient (Wildman–Crippen LogP) is 2.68. The summed E-state index contributed by atoms with van der Waals surface area (Å²) in [4.78, 5) is 4.62. The quantitative estimate of drug-likeness (QED) is 0.894. The number of aromatic nitrogens is 2. The number of hydrogen-bond acceptors (Lipinski definition) is 2. The molecule has 2 aromatic rings. The molecular weight excluding hydrogens is 222 g/mol. The van der Waals surface area contributed by atoms with E-state index in [9.17, 15) is 0 Å². The highest BCUT2D eigenvalue weighted by molar-refractivity contribution is 5.63. The van der Waals surface area contributed by atoms with Gasteiger partial charge in [0.15, 0.2) is 0 Å². The molecule has 0 saturated heterocycles. The van der Waals surface area contributed by atoms with Crippen molar-refractivity contribution in [3.8, 4) is 11.3 Å². The molecule has 0 aliphatic rings. The maximum atomic E-state index is 4.62. The van der Waals surface area contributed by atoms with Crippen molar-refractivity contribution in [1.82, 2.24) is 14.9 Å². The van der Waals surface area contributed by atoms with Gasteiger partial charge in [-0.1, -0.05) is 31.2 Å². The van der Waals surface area contributed by atoms with E-state index in [2.05, 4.69) is 53.1 Å². The van der Waals surface area contributed by atoms with Crippen molar-refractivity contribution < 1.29 is 0 Å². The summed E-state index contributed by atoms with van der Waals surface area (Å²) in [5, 5.41) is 3.18. The zero-order valence-electron chi connectivity index (χ0n) is 11.6. The minimum absolute atomic E-state index is 0.798. The molecular formula is C15H21N3. The average Bonchev–Trinajstić information content (AvgIpc) is 2.66. The minimum Gasteiger partial charge on any atom is -0.331 e. The van der Waals surface area contributed by atoms with E-state index in [0.717, 1.165) is 24.5 Å². The Kier molecular flexibility index (Phi) is 3.82. The van der Waals surface area contributed by atoms with E-state index in [1.807, 2.05) is 14.0 Å². The van der Waals surface area contributed by atoms with Crippen LogP contribution < -0.4 is 5.32 Å². The van der Waals surface area contributed by atoms with Crippen molar-refractivity contribution in [2.45, 2.75) is 26.8 Å². The molecule has 2 rings (SSSR count). The largest absolute Gasteiger partial charge is 0.331 e. The summed E-state index contributed by atoms with van der Waals surface area (Å²) in [5.41, 5.74) is 4.93. The second kappa shape index (κ2) is 5.36. The summed E-state index contributed by atoms with van der Waals surface area (Å²) in [5.74, 6) is 1.05. The maximum Gasteiger partial charge on any atom is 0.106 e. The molecule has 0 spiro atoms. The third-order valence-corrected chi connectivity index (χ3v) is 3.37. The molecule has 0 aliphatic heterocycles. The van der Waals surface area contributed by atoms with Gasteiger partial charge in [0.05, 0.1) is 11.4 Å². The number of benzene rings is 1. The third kappa shape index (κ3) is 2.31. The van der Waals surface area contributed by atoms with E-state index in [1.54, 1.807) is 0 Å². The molecule has 0 amide bonds. The summed E-state index contributed by atoms with van der Waals surface area (Å²) in [6, 6.07) is 8.77. The SMILES string of the molecule is CCc1ccc(-c2c(CNC)nc(C)n2C)cc1. The molecule has 0 aliphatic carbocycles. The number of aryl methyl sites for hydroxylation is 2. The molecule has 0 atom stereocenters. The van der Waals surface area contributed by atoms with Gasteiger partial charge in [0, 0.05) is 19.2 Å². The van der Waals surface area contributed by atoms with Crippen molar-refractivity contribution in [3.63, 3.8) is 0 Å². The first-order valence-electron chi connectivity index (χ1n) is 6.43. The molecule has 0 saturated carbocycles. The van der Waals surface area contributed by atoms with Crippen LogP contribution in [0.4, 0.5) is 0 Å². The lowest BCUT2D eigenvalue weighted by molar-refractivity contribution is 0.796. The van der Waals surface area contributed by atoms with Crippen LogP contribution in [0.3, 0.4) is 0 Å². The molecule has 0 unspecified atom stereocenters. The molecule has 3 nitrogen and oxygen atoms in total. The number of imidazole rings is 1. The minimum atomic E-state index is 0.798. The Labute approximate surface area is 109 Å². The van der Waals surface area contributed by atoms with Crippen LogP contribution in [0.15, 0.2) is 24.3 Å². The summed E-state index contributed by atoms with van der Waals surface area (Å²) in [6.07, 6.45) is 1.08. The fourth-order valence-electron chi connectivity index (χ4n) is 2.23.